The van der Waals surface area contributed by atoms with Crippen LogP contribution in [0.1, 0.15) is 63.7 Å². The van der Waals surface area contributed by atoms with Crippen molar-refractivity contribution in [3.8, 4) is 17.0 Å². The number of nitrogens with zero attached hydrogens (tertiary/aromatic N) is 3. The van der Waals surface area contributed by atoms with E-state index < -0.39 is 5.97 Å². The fraction of sp³-hybridized carbons (Fsp3) is 0.387. The van der Waals surface area contributed by atoms with Crippen LogP contribution < -0.4 is 10.6 Å². The Morgan fingerprint density at radius 1 is 1.10 bits per heavy atom. The Labute approximate surface area is 228 Å². The van der Waals surface area contributed by atoms with Crippen molar-refractivity contribution in [2.75, 3.05) is 17.2 Å². The van der Waals surface area contributed by atoms with Crippen molar-refractivity contribution < 1.29 is 18.7 Å². The number of anilines is 2. The van der Waals surface area contributed by atoms with E-state index in [0.29, 0.717) is 17.4 Å². The summed E-state index contributed by atoms with van der Waals surface area (Å²) in [4.78, 5) is 28.4. The second-order valence-corrected chi connectivity index (χ2v) is 10.7. The number of esters is 1. The quantitative estimate of drug-likeness (QED) is 0.214. The molecule has 0 atom stereocenters. The van der Waals surface area contributed by atoms with E-state index in [1.807, 2.05) is 62.4 Å². The van der Waals surface area contributed by atoms with E-state index in [1.165, 1.54) is 0 Å². The van der Waals surface area contributed by atoms with Crippen molar-refractivity contribution in [1.82, 2.24) is 9.78 Å². The first-order chi connectivity index (χ1) is 18.7. The SMILES string of the molecule is CCOC(=O)c1cn(-c2ccc(-c3cc4cc(N)ccc4o3)cc2)nc1N(C(=O)C1CCC(C)CC1)C(C)C. The number of hydrogen-bond donors (Lipinski definition) is 1. The van der Waals surface area contributed by atoms with Gasteiger partial charge in [0.2, 0.25) is 5.91 Å². The molecule has 1 aliphatic carbocycles. The van der Waals surface area contributed by atoms with E-state index in [0.717, 1.165) is 53.7 Å². The molecule has 2 aromatic heterocycles. The molecule has 5 rings (SSSR count). The summed E-state index contributed by atoms with van der Waals surface area (Å²) in [5.41, 5.74) is 9.29. The van der Waals surface area contributed by atoms with Crippen molar-refractivity contribution >= 4 is 34.4 Å². The Kier molecular flexibility index (Phi) is 7.46. The number of nitrogens with two attached hydrogens (primary N) is 1. The lowest BCUT2D eigenvalue weighted by Crippen LogP contribution is -2.43. The number of aromatic nitrogens is 2. The summed E-state index contributed by atoms with van der Waals surface area (Å²) in [7, 11) is 0. The Hall–Kier alpha value is -4.07. The molecule has 1 amide bonds. The Morgan fingerprint density at radius 2 is 1.82 bits per heavy atom. The summed E-state index contributed by atoms with van der Waals surface area (Å²) in [6.45, 7) is 8.13. The fourth-order valence-electron chi connectivity index (χ4n) is 5.32. The normalized spacial score (nSPS) is 17.5. The van der Waals surface area contributed by atoms with Crippen LogP contribution in [-0.4, -0.2) is 34.3 Å². The molecule has 1 fully saturated rings. The number of carbonyl (C=O) groups is 2. The Bertz CT molecular complexity index is 1480. The molecule has 1 aliphatic rings. The Balaban J connectivity index is 1.48. The number of carbonyl (C=O) groups excluding carboxylic acids is 2. The molecule has 0 aliphatic heterocycles. The maximum atomic E-state index is 13.7. The molecule has 4 aromatic rings. The summed E-state index contributed by atoms with van der Waals surface area (Å²) in [6.07, 6.45) is 5.43. The first kappa shape index (κ1) is 26.5. The number of rotatable bonds is 7. The maximum Gasteiger partial charge on any atom is 0.343 e. The highest BCUT2D eigenvalue weighted by Gasteiger charge is 2.34. The largest absolute Gasteiger partial charge is 0.462 e. The first-order valence-corrected chi connectivity index (χ1v) is 13.7. The number of fused-ring (bicyclic) bond motifs is 1. The van der Waals surface area contributed by atoms with Crippen LogP contribution in [0.3, 0.4) is 0 Å². The minimum Gasteiger partial charge on any atom is -0.462 e. The topological polar surface area (TPSA) is 104 Å². The second-order valence-electron chi connectivity index (χ2n) is 10.7. The molecule has 1 saturated carbocycles. The van der Waals surface area contributed by atoms with Gasteiger partial charge in [0.25, 0.3) is 0 Å². The standard InChI is InChI=1S/C31H36N4O4/c1-5-38-31(37)26-18-34(33-29(26)35(19(2)3)30(36)22-8-6-20(4)7-9-22)25-13-10-21(11-14-25)28-17-23-16-24(32)12-15-27(23)39-28/h10-20,22H,5-9,32H2,1-4H3. The van der Waals surface area contributed by atoms with E-state index in [2.05, 4.69) is 6.92 Å². The number of benzene rings is 2. The molecule has 0 spiro atoms. The summed E-state index contributed by atoms with van der Waals surface area (Å²) in [5.74, 6) is 1.17. The van der Waals surface area contributed by atoms with Crippen molar-refractivity contribution in [3.05, 3.63) is 60.3 Å². The third kappa shape index (κ3) is 5.41. The molecule has 2 heterocycles. The van der Waals surface area contributed by atoms with E-state index in [1.54, 1.807) is 22.7 Å². The van der Waals surface area contributed by atoms with Gasteiger partial charge < -0.3 is 14.9 Å². The van der Waals surface area contributed by atoms with Gasteiger partial charge in [-0.3, -0.25) is 9.69 Å². The van der Waals surface area contributed by atoms with Crippen molar-refractivity contribution in [1.29, 1.82) is 0 Å². The van der Waals surface area contributed by atoms with Gasteiger partial charge in [-0.15, -0.1) is 5.10 Å². The highest BCUT2D eigenvalue weighted by Crippen LogP contribution is 2.34. The number of amides is 1. The smallest absolute Gasteiger partial charge is 0.343 e. The zero-order chi connectivity index (χ0) is 27.7. The van der Waals surface area contributed by atoms with Crippen LogP contribution in [-0.2, 0) is 9.53 Å². The second kappa shape index (κ2) is 11.0. The zero-order valence-corrected chi connectivity index (χ0v) is 23.0. The van der Waals surface area contributed by atoms with Gasteiger partial charge in [-0.2, -0.15) is 0 Å². The van der Waals surface area contributed by atoms with Gasteiger partial charge in [0.1, 0.15) is 16.9 Å². The first-order valence-electron chi connectivity index (χ1n) is 13.7. The van der Waals surface area contributed by atoms with E-state index in [-0.39, 0.29) is 30.0 Å². The molecule has 204 valence electrons. The summed E-state index contributed by atoms with van der Waals surface area (Å²) < 4.78 is 13.0. The van der Waals surface area contributed by atoms with Gasteiger partial charge in [0.15, 0.2) is 5.82 Å². The van der Waals surface area contributed by atoms with Crippen LogP contribution in [0, 0.1) is 11.8 Å². The van der Waals surface area contributed by atoms with Gasteiger partial charge >= 0.3 is 5.97 Å². The minimum atomic E-state index is -0.493. The van der Waals surface area contributed by atoms with Crippen LogP contribution in [0.15, 0.2) is 59.1 Å². The van der Waals surface area contributed by atoms with E-state index >= 15 is 0 Å². The highest BCUT2D eigenvalue weighted by molar-refractivity contribution is 6.02. The van der Waals surface area contributed by atoms with Crippen molar-refractivity contribution in [2.45, 2.75) is 59.4 Å². The number of ether oxygens (including phenoxy) is 1. The lowest BCUT2D eigenvalue weighted by molar-refractivity contribution is -0.124. The molecule has 0 saturated heterocycles. The molecule has 2 aromatic carbocycles. The highest BCUT2D eigenvalue weighted by atomic mass is 16.5. The maximum absolute atomic E-state index is 13.7. The third-order valence-electron chi connectivity index (χ3n) is 7.49. The molecule has 2 N–H and O–H groups in total. The molecule has 0 unspecified atom stereocenters. The third-order valence-corrected chi connectivity index (χ3v) is 7.49. The van der Waals surface area contributed by atoms with E-state index in [9.17, 15) is 9.59 Å². The van der Waals surface area contributed by atoms with Crippen LogP contribution >= 0.6 is 0 Å². The number of furan rings is 1. The number of nitrogen functional groups attached to an aromatic ring is 1. The van der Waals surface area contributed by atoms with Gasteiger partial charge in [-0.05, 0) is 101 Å². The molecule has 0 radical (unpaired) electrons. The number of hydrogen-bond acceptors (Lipinski definition) is 6. The van der Waals surface area contributed by atoms with E-state index in [4.69, 9.17) is 20.0 Å². The van der Waals surface area contributed by atoms with Crippen LogP contribution in [0.4, 0.5) is 11.5 Å². The average Bonchev–Trinajstić information content (AvgIpc) is 3.54. The molecule has 8 heteroatoms. The molecule has 8 nitrogen and oxygen atoms in total. The van der Waals surface area contributed by atoms with Gasteiger partial charge in [-0.1, -0.05) is 6.92 Å². The Morgan fingerprint density at radius 3 is 2.49 bits per heavy atom. The monoisotopic (exact) mass is 528 g/mol. The van der Waals surface area contributed by atoms with Gasteiger partial charge in [0.05, 0.1) is 12.3 Å². The summed E-state index contributed by atoms with van der Waals surface area (Å²) >= 11 is 0. The molecular formula is C31H36N4O4. The molecular weight excluding hydrogens is 492 g/mol. The zero-order valence-electron chi connectivity index (χ0n) is 23.0. The lowest BCUT2D eigenvalue weighted by Gasteiger charge is -2.32. The average molecular weight is 529 g/mol. The summed E-state index contributed by atoms with van der Waals surface area (Å²) in [5, 5.41) is 5.71. The fourth-order valence-corrected chi connectivity index (χ4v) is 5.32. The van der Waals surface area contributed by atoms with Gasteiger partial charge in [-0.25, -0.2) is 9.48 Å². The molecule has 39 heavy (non-hydrogen) atoms. The van der Waals surface area contributed by atoms with Gasteiger partial charge in [0, 0.05) is 34.8 Å². The predicted molar refractivity (Wildman–Crippen MR) is 153 cm³/mol. The summed E-state index contributed by atoms with van der Waals surface area (Å²) in [6, 6.07) is 15.1. The lowest BCUT2D eigenvalue weighted by atomic mass is 9.82. The predicted octanol–water partition coefficient (Wildman–Crippen LogP) is 6.61. The minimum absolute atomic E-state index is 0.0218. The van der Waals surface area contributed by atoms with Crippen molar-refractivity contribution in [3.63, 3.8) is 0 Å². The van der Waals surface area contributed by atoms with Crippen LogP contribution in [0.5, 0.6) is 0 Å². The van der Waals surface area contributed by atoms with Crippen LogP contribution in [0.25, 0.3) is 28.0 Å². The van der Waals surface area contributed by atoms with Crippen molar-refractivity contribution in [2.24, 2.45) is 11.8 Å². The molecule has 0 bridgehead atoms. The van der Waals surface area contributed by atoms with Crippen LogP contribution in [0.2, 0.25) is 0 Å².